The van der Waals surface area contributed by atoms with Crippen molar-refractivity contribution in [1.29, 1.82) is 5.26 Å². The molecule has 0 aliphatic rings. The average Bonchev–Trinajstić information content (AvgIpc) is 2.03. The molecule has 0 aliphatic heterocycles. The molecule has 1 rings (SSSR count). The molecular weight excluding hydrogens is 170 g/mol. The standard InChI is InChI=1S/C9H9NOS/c1-6-3-7(5-10)4-8(12)9(6)11-2/h3-4,12H,1-2H3. The highest BCUT2D eigenvalue weighted by molar-refractivity contribution is 7.80. The molecule has 1 aromatic carbocycles. The average molecular weight is 179 g/mol. The summed E-state index contributed by atoms with van der Waals surface area (Å²) in [5.41, 5.74) is 1.54. The Morgan fingerprint density at radius 2 is 2.17 bits per heavy atom. The van der Waals surface area contributed by atoms with Crippen LogP contribution in [-0.4, -0.2) is 7.11 Å². The highest BCUT2D eigenvalue weighted by Crippen LogP contribution is 2.27. The van der Waals surface area contributed by atoms with Crippen LogP contribution in [0.15, 0.2) is 17.0 Å². The smallest absolute Gasteiger partial charge is 0.135 e. The largest absolute Gasteiger partial charge is 0.495 e. The fraction of sp³-hybridized carbons (Fsp3) is 0.222. The van der Waals surface area contributed by atoms with E-state index in [-0.39, 0.29) is 0 Å². The molecule has 0 atom stereocenters. The third kappa shape index (κ3) is 1.54. The second-order valence-electron chi connectivity index (χ2n) is 2.46. The second-order valence-corrected chi connectivity index (χ2v) is 2.94. The molecule has 0 aliphatic carbocycles. The fourth-order valence-corrected chi connectivity index (χ4v) is 1.49. The molecule has 62 valence electrons. The minimum absolute atomic E-state index is 0.610. The predicted molar refractivity (Wildman–Crippen MR) is 49.7 cm³/mol. The van der Waals surface area contributed by atoms with Gasteiger partial charge in [0, 0.05) is 4.90 Å². The first-order chi connectivity index (χ1) is 5.69. The first kappa shape index (κ1) is 8.95. The van der Waals surface area contributed by atoms with E-state index < -0.39 is 0 Å². The Labute approximate surface area is 77.2 Å². The van der Waals surface area contributed by atoms with Gasteiger partial charge in [-0.1, -0.05) is 0 Å². The van der Waals surface area contributed by atoms with Crippen molar-refractivity contribution in [2.45, 2.75) is 11.8 Å². The Balaban J connectivity index is 3.30. The number of hydrogen-bond acceptors (Lipinski definition) is 3. The van der Waals surface area contributed by atoms with E-state index in [0.717, 1.165) is 11.3 Å². The first-order valence-electron chi connectivity index (χ1n) is 3.46. The van der Waals surface area contributed by atoms with Crippen LogP contribution in [0.4, 0.5) is 0 Å². The summed E-state index contributed by atoms with van der Waals surface area (Å²) in [5, 5.41) is 8.63. The lowest BCUT2D eigenvalue weighted by Gasteiger charge is -2.06. The van der Waals surface area contributed by atoms with E-state index in [1.165, 1.54) is 0 Å². The summed E-state index contributed by atoms with van der Waals surface area (Å²) in [6, 6.07) is 5.52. The Morgan fingerprint density at radius 1 is 1.50 bits per heavy atom. The van der Waals surface area contributed by atoms with Crippen molar-refractivity contribution in [3.05, 3.63) is 23.3 Å². The summed E-state index contributed by atoms with van der Waals surface area (Å²) in [4.78, 5) is 0.703. The molecule has 1 aromatic rings. The minimum atomic E-state index is 0.610. The van der Waals surface area contributed by atoms with E-state index >= 15 is 0 Å². The third-order valence-electron chi connectivity index (χ3n) is 1.59. The summed E-state index contributed by atoms with van der Waals surface area (Å²) in [5.74, 6) is 0.734. The highest BCUT2D eigenvalue weighted by Gasteiger charge is 2.04. The molecular formula is C9H9NOS. The fourth-order valence-electron chi connectivity index (χ4n) is 1.09. The van der Waals surface area contributed by atoms with Crippen molar-refractivity contribution >= 4 is 12.6 Å². The first-order valence-corrected chi connectivity index (χ1v) is 3.91. The number of thiol groups is 1. The number of rotatable bonds is 1. The van der Waals surface area contributed by atoms with Crippen LogP contribution in [0.3, 0.4) is 0 Å². The van der Waals surface area contributed by atoms with Gasteiger partial charge in [-0.05, 0) is 24.6 Å². The van der Waals surface area contributed by atoms with Crippen LogP contribution in [0.25, 0.3) is 0 Å². The van der Waals surface area contributed by atoms with E-state index in [9.17, 15) is 0 Å². The normalized spacial score (nSPS) is 9.17. The highest BCUT2D eigenvalue weighted by atomic mass is 32.1. The Morgan fingerprint density at radius 3 is 2.58 bits per heavy atom. The van der Waals surface area contributed by atoms with Crippen LogP contribution in [-0.2, 0) is 0 Å². The van der Waals surface area contributed by atoms with Gasteiger partial charge in [0.25, 0.3) is 0 Å². The number of methoxy groups -OCH3 is 1. The summed E-state index contributed by atoms with van der Waals surface area (Å²) < 4.78 is 5.09. The Kier molecular flexibility index (Phi) is 2.61. The predicted octanol–water partition coefficient (Wildman–Crippen LogP) is 2.16. The van der Waals surface area contributed by atoms with Crippen LogP contribution in [0.2, 0.25) is 0 Å². The second kappa shape index (κ2) is 3.51. The molecule has 0 unspecified atom stereocenters. The number of nitrogens with zero attached hydrogens (tertiary/aromatic N) is 1. The zero-order valence-electron chi connectivity index (χ0n) is 6.96. The molecule has 0 aromatic heterocycles. The van der Waals surface area contributed by atoms with E-state index in [1.54, 1.807) is 19.2 Å². The molecule has 0 N–H and O–H groups in total. The SMILES string of the molecule is COc1c(C)cc(C#N)cc1S. The number of nitriles is 1. The number of aryl methyl sites for hydroxylation is 1. The van der Waals surface area contributed by atoms with Crippen LogP contribution < -0.4 is 4.74 Å². The molecule has 0 saturated heterocycles. The van der Waals surface area contributed by atoms with E-state index in [2.05, 4.69) is 18.7 Å². The summed E-state index contributed by atoms with van der Waals surface area (Å²) >= 11 is 4.20. The lowest BCUT2D eigenvalue weighted by atomic mass is 10.1. The van der Waals surface area contributed by atoms with Crippen LogP contribution >= 0.6 is 12.6 Å². The Bertz CT molecular complexity index is 318. The molecule has 0 bridgehead atoms. The maximum absolute atomic E-state index is 8.63. The molecule has 2 nitrogen and oxygen atoms in total. The van der Waals surface area contributed by atoms with Gasteiger partial charge in [-0.25, -0.2) is 0 Å². The molecule has 3 heteroatoms. The zero-order chi connectivity index (χ0) is 9.14. The molecule has 0 radical (unpaired) electrons. The van der Waals surface area contributed by atoms with Crippen molar-refractivity contribution in [3.63, 3.8) is 0 Å². The van der Waals surface area contributed by atoms with Gasteiger partial charge < -0.3 is 4.74 Å². The maximum Gasteiger partial charge on any atom is 0.135 e. The summed E-state index contributed by atoms with van der Waals surface area (Å²) in [6.45, 7) is 1.89. The van der Waals surface area contributed by atoms with E-state index in [4.69, 9.17) is 10.00 Å². The van der Waals surface area contributed by atoms with Gasteiger partial charge >= 0.3 is 0 Å². The lowest BCUT2D eigenvalue weighted by Crippen LogP contribution is -1.89. The minimum Gasteiger partial charge on any atom is -0.495 e. The lowest BCUT2D eigenvalue weighted by molar-refractivity contribution is 0.402. The van der Waals surface area contributed by atoms with Gasteiger partial charge in [0.05, 0.1) is 18.7 Å². The van der Waals surface area contributed by atoms with Gasteiger partial charge in [-0.2, -0.15) is 5.26 Å². The molecule has 0 fully saturated rings. The Hall–Kier alpha value is -1.14. The van der Waals surface area contributed by atoms with Gasteiger partial charge in [0.15, 0.2) is 0 Å². The number of ether oxygens (including phenoxy) is 1. The monoisotopic (exact) mass is 179 g/mol. The topological polar surface area (TPSA) is 33.0 Å². The quantitative estimate of drug-likeness (QED) is 0.670. The number of benzene rings is 1. The van der Waals surface area contributed by atoms with Crippen molar-refractivity contribution in [3.8, 4) is 11.8 Å². The van der Waals surface area contributed by atoms with Crippen molar-refractivity contribution in [2.75, 3.05) is 7.11 Å². The molecule has 0 spiro atoms. The van der Waals surface area contributed by atoms with E-state index in [1.807, 2.05) is 6.92 Å². The molecule has 0 heterocycles. The molecule has 0 saturated carbocycles. The van der Waals surface area contributed by atoms with E-state index in [0.29, 0.717) is 10.5 Å². The van der Waals surface area contributed by atoms with Gasteiger partial charge in [0.1, 0.15) is 5.75 Å². The summed E-state index contributed by atoms with van der Waals surface area (Å²) in [7, 11) is 1.59. The molecule has 12 heavy (non-hydrogen) atoms. The van der Waals surface area contributed by atoms with Crippen molar-refractivity contribution in [2.24, 2.45) is 0 Å². The van der Waals surface area contributed by atoms with Crippen LogP contribution in [0.1, 0.15) is 11.1 Å². The number of hydrogen-bond donors (Lipinski definition) is 1. The molecule has 0 amide bonds. The van der Waals surface area contributed by atoms with Crippen LogP contribution in [0, 0.1) is 18.3 Å². The zero-order valence-corrected chi connectivity index (χ0v) is 7.85. The van der Waals surface area contributed by atoms with Gasteiger partial charge in [0.2, 0.25) is 0 Å². The third-order valence-corrected chi connectivity index (χ3v) is 1.92. The van der Waals surface area contributed by atoms with Crippen molar-refractivity contribution in [1.82, 2.24) is 0 Å². The van der Waals surface area contributed by atoms with Crippen LogP contribution in [0.5, 0.6) is 5.75 Å². The van der Waals surface area contributed by atoms with Gasteiger partial charge in [-0.15, -0.1) is 12.6 Å². The maximum atomic E-state index is 8.63. The van der Waals surface area contributed by atoms with Gasteiger partial charge in [-0.3, -0.25) is 0 Å². The summed E-state index contributed by atoms with van der Waals surface area (Å²) in [6.07, 6.45) is 0. The van der Waals surface area contributed by atoms with Crippen molar-refractivity contribution < 1.29 is 4.74 Å².